The van der Waals surface area contributed by atoms with E-state index in [1.807, 2.05) is 30.3 Å². The zero-order chi connectivity index (χ0) is 15.0. The summed E-state index contributed by atoms with van der Waals surface area (Å²) in [6, 6.07) is 12.2. The van der Waals surface area contributed by atoms with E-state index in [1.165, 1.54) is 4.68 Å². The van der Waals surface area contributed by atoms with Crippen molar-refractivity contribution < 1.29 is 13.2 Å². The number of nitrogens with one attached hydrogen (secondary N) is 1. The Hall–Kier alpha value is -2.34. The average Bonchev–Trinajstić information content (AvgIpc) is 2.86. The second-order valence-electron chi connectivity index (χ2n) is 4.43. The summed E-state index contributed by atoms with van der Waals surface area (Å²) in [6.45, 7) is 0. The third-order valence-corrected chi connectivity index (χ3v) is 3.34. The van der Waals surface area contributed by atoms with Crippen LogP contribution in [-0.4, -0.2) is 9.78 Å². The molecule has 0 bridgehead atoms. The summed E-state index contributed by atoms with van der Waals surface area (Å²) in [7, 11) is 0. The van der Waals surface area contributed by atoms with Gasteiger partial charge < -0.3 is 0 Å². The molecule has 2 aromatic carbocycles. The van der Waals surface area contributed by atoms with Gasteiger partial charge in [-0.25, -0.2) is 17.9 Å². The number of aromatic nitrogens is 2. The van der Waals surface area contributed by atoms with Crippen molar-refractivity contribution in [3.63, 3.8) is 0 Å². The Balaban J connectivity index is 2.15. The summed E-state index contributed by atoms with van der Waals surface area (Å²) < 4.78 is 41.6. The molecule has 0 fully saturated rings. The van der Waals surface area contributed by atoms with Gasteiger partial charge in [0.05, 0.1) is 5.69 Å². The molecular formula is C15H9F3N2S. The zero-order valence-electron chi connectivity index (χ0n) is 10.6. The fourth-order valence-corrected chi connectivity index (χ4v) is 2.29. The number of H-pyrrole nitrogens is 1. The molecule has 3 aromatic rings. The lowest BCUT2D eigenvalue weighted by atomic mass is 10.2. The van der Waals surface area contributed by atoms with Crippen molar-refractivity contribution in [1.29, 1.82) is 0 Å². The van der Waals surface area contributed by atoms with Crippen molar-refractivity contribution in [1.82, 2.24) is 9.78 Å². The Morgan fingerprint density at radius 3 is 2.24 bits per heavy atom. The van der Waals surface area contributed by atoms with Gasteiger partial charge in [-0.3, -0.25) is 5.10 Å². The Morgan fingerprint density at radius 2 is 1.52 bits per heavy atom. The normalized spacial score (nSPS) is 10.8. The number of benzene rings is 2. The van der Waals surface area contributed by atoms with Gasteiger partial charge in [0.25, 0.3) is 0 Å². The molecule has 0 aliphatic carbocycles. The predicted molar refractivity (Wildman–Crippen MR) is 76.3 cm³/mol. The molecule has 0 unspecified atom stereocenters. The molecule has 21 heavy (non-hydrogen) atoms. The predicted octanol–water partition coefficient (Wildman–Crippen LogP) is 4.62. The Bertz CT molecular complexity index is 853. The van der Waals surface area contributed by atoms with Crippen LogP contribution in [0.1, 0.15) is 0 Å². The maximum absolute atomic E-state index is 13.8. The van der Waals surface area contributed by atoms with Gasteiger partial charge in [-0.05, 0) is 5.56 Å². The topological polar surface area (TPSA) is 20.7 Å². The Morgan fingerprint density at radius 1 is 0.857 bits per heavy atom. The highest BCUT2D eigenvalue weighted by Crippen LogP contribution is 2.22. The van der Waals surface area contributed by atoms with Crippen molar-refractivity contribution in [3.8, 4) is 16.9 Å². The summed E-state index contributed by atoms with van der Waals surface area (Å²) in [5.74, 6) is -3.27. The molecule has 0 atom stereocenters. The van der Waals surface area contributed by atoms with Gasteiger partial charge in [-0.1, -0.05) is 42.5 Å². The first-order valence-corrected chi connectivity index (χ1v) is 6.49. The second-order valence-corrected chi connectivity index (χ2v) is 4.85. The number of rotatable bonds is 2. The molecule has 0 radical (unpaired) electrons. The SMILES string of the molecule is Fc1cc(F)c(-n2[nH]c(-c3ccccc3)cc2=S)cc1F. The minimum absolute atomic E-state index is 0.166. The molecule has 1 heterocycles. The van der Waals surface area contributed by atoms with Crippen molar-refractivity contribution in [2.45, 2.75) is 0 Å². The van der Waals surface area contributed by atoms with E-state index >= 15 is 0 Å². The maximum atomic E-state index is 13.8. The number of aromatic amines is 1. The summed E-state index contributed by atoms with van der Waals surface area (Å²) in [5, 5.41) is 2.88. The molecule has 6 heteroatoms. The first-order chi connectivity index (χ1) is 10.1. The van der Waals surface area contributed by atoms with Crippen LogP contribution in [0.5, 0.6) is 0 Å². The third-order valence-electron chi connectivity index (χ3n) is 3.04. The molecule has 0 amide bonds. The molecule has 0 aliphatic heterocycles. The van der Waals surface area contributed by atoms with Crippen LogP contribution in [0.4, 0.5) is 13.2 Å². The third kappa shape index (κ3) is 2.50. The van der Waals surface area contributed by atoms with Gasteiger partial charge in [0, 0.05) is 18.2 Å². The van der Waals surface area contributed by atoms with Gasteiger partial charge in [0.2, 0.25) is 0 Å². The lowest BCUT2D eigenvalue weighted by molar-refractivity contribution is 0.491. The highest BCUT2D eigenvalue weighted by molar-refractivity contribution is 7.71. The molecule has 0 saturated carbocycles. The Labute approximate surface area is 123 Å². The molecular weight excluding hydrogens is 297 g/mol. The van der Waals surface area contributed by atoms with E-state index < -0.39 is 17.5 Å². The molecule has 0 spiro atoms. The molecule has 1 aromatic heterocycles. The number of hydrogen-bond donors (Lipinski definition) is 1. The van der Waals surface area contributed by atoms with Gasteiger partial charge >= 0.3 is 0 Å². The van der Waals surface area contributed by atoms with Crippen LogP contribution in [-0.2, 0) is 0 Å². The first-order valence-electron chi connectivity index (χ1n) is 6.08. The van der Waals surface area contributed by atoms with Gasteiger partial charge in [-0.2, -0.15) is 0 Å². The quantitative estimate of drug-likeness (QED) is 0.541. The molecule has 0 aliphatic rings. The minimum atomic E-state index is -1.24. The molecule has 2 nitrogen and oxygen atoms in total. The van der Waals surface area contributed by atoms with Gasteiger partial charge in [0.1, 0.15) is 10.3 Å². The lowest BCUT2D eigenvalue weighted by Crippen LogP contribution is -2.02. The molecule has 0 saturated heterocycles. The minimum Gasteiger partial charge on any atom is -0.292 e. The first kappa shape index (κ1) is 13.6. The van der Waals surface area contributed by atoms with E-state index in [1.54, 1.807) is 6.07 Å². The summed E-state index contributed by atoms with van der Waals surface area (Å²) in [4.78, 5) is 0. The van der Waals surface area contributed by atoms with Crippen LogP contribution in [0, 0.1) is 22.1 Å². The fraction of sp³-hybridized carbons (Fsp3) is 0. The zero-order valence-corrected chi connectivity index (χ0v) is 11.4. The smallest absolute Gasteiger partial charge is 0.161 e. The molecule has 1 N–H and O–H groups in total. The van der Waals surface area contributed by atoms with Gasteiger partial charge in [-0.15, -0.1) is 0 Å². The average molecular weight is 306 g/mol. The van der Waals surface area contributed by atoms with Crippen LogP contribution >= 0.6 is 12.2 Å². The highest BCUT2D eigenvalue weighted by Gasteiger charge is 2.13. The summed E-state index contributed by atoms with van der Waals surface area (Å²) >= 11 is 5.14. The summed E-state index contributed by atoms with van der Waals surface area (Å²) in [6.07, 6.45) is 0. The fourth-order valence-electron chi connectivity index (χ4n) is 2.02. The van der Waals surface area contributed by atoms with Crippen LogP contribution < -0.4 is 0 Å². The number of hydrogen-bond acceptors (Lipinski definition) is 1. The maximum Gasteiger partial charge on any atom is 0.161 e. The van der Waals surface area contributed by atoms with E-state index in [0.717, 1.165) is 11.6 Å². The number of nitrogens with zero attached hydrogens (tertiary/aromatic N) is 1. The van der Waals surface area contributed by atoms with Gasteiger partial charge in [0.15, 0.2) is 17.5 Å². The van der Waals surface area contributed by atoms with Crippen molar-refractivity contribution >= 4 is 12.2 Å². The Kier molecular flexibility index (Phi) is 3.39. The number of halogens is 3. The largest absolute Gasteiger partial charge is 0.292 e. The van der Waals surface area contributed by atoms with E-state index in [-0.39, 0.29) is 10.3 Å². The van der Waals surface area contributed by atoms with E-state index in [9.17, 15) is 13.2 Å². The van der Waals surface area contributed by atoms with Crippen molar-refractivity contribution in [3.05, 3.63) is 70.6 Å². The highest BCUT2D eigenvalue weighted by atomic mass is 32.1. The van der Waals surface area contributed by atoms with E-state index in [0.29, 0.717) is 11.8 Å². The van der Waals surface area contributed by atoms with E-state index in [4.69, 9.17) is 12.2 Å². The van der Waals surface area contributed by atoms with Crippen LogP contribution in [0.25, 0.3) is 16.9 Å². The standard InChI is InChI=1S/C15H9F3N2S/c16-10-6-12(18)14(7-11(10)17)20-15(21)8-13(19-20)9-4-2-1-3-5-9/h1-8,19H. The monoisotopic (exact) mass is 306 g/mol. The van der Waals surface area contributed by atoms with Crippen molar-refractivity contribution in [2.75, 3.05) is 0 Å². The molecule has 3 rings (SSSR count). The van der Waals surface area contributed by atoms with Crippen LogP contribution in [0.3, 0.4) is 0 Å². The van der Waals surface area contributed by atoms with Crippen LogP contribution in [0.15, 0.2) is 48.5 Å². The van der Waals surface area contributed by atoms with Crippen molar-refractivity contribution in [2.24, 2.45) is 0 Å². The van der Waals surface area contributed by atoms with Crippen LogP contribution in [0.2, 0.25) is 0 Å². The molecule has 106 valence electrons. The summed E-state index contributed by atoms with van der Waals surface area (Å²) in [5.41, 5.74) is 1.34. The lowest BCUT2D eigenvalue weighted by Gasteiger charge is -2.06. The van der Waals surface area contributed by atoms with E-state index in [2.05, 4.69) is 5.10 Å². The second kappa shape index (κ2) is 5.21.